The predicted molar refractivity (Wildman–Crippen MR) is 107 cm³/mol. The molecule has 0 saturated heterocycles. The van der Waals surface area contributed by atoms with Crippen LogP contribution in [0.15, 0.2) is 70.6 Å². The van der Waals surface area contributed by atoms with Gasteiger partial charge in [-0.1, -0.05) is 58.1 Å². The molecule has 0 unspecified atom stereocenters. The number of hydrogen-bond donors (Lipinski definition) is 1. The van der Waals surface area contributed by atoms with Gasteiger partial charge in [-0.2, -0.15) is 13.2 Å². The Morgan fingerprint density at radius 3 is 2.13 bits per heavy atom. The van der Waals surface area contributed by atoms with Crippen LogP contribution in [-0.2, 0) is 6.18 Å². The van der Waals surface area contributed by atoms with Gasteiger partial charge in [0.15, 0.2) is 0 Å². The number of alkyl halides is 3. The summed E-state index contributed by atoms with van der Waals surface area (Å²) >= 11 is 0.911. The van der Waals surface area contributed by atoms with Gasteiger partial charge in [0.05, 0.1) is 5.56 Å². The lowest BCUT2D eigenvalue weighted by molar-refractivity contribution is -0.139. The second-order valence-corrected chi connectivity index (χ2v) is 10.7. The average molecular weight is 477 g/mol. The minimum atomic E-state index is -9.84. The third-order valence-electron chi connectivity index (χ3n) is 4.17. The van der Waals surface area contributed by atoms with Crippen molar-refractivity contribution in [2.24, 2.45) is 5.41 Å². The molecule has 11 heteroatoms. The van der Waals surface area contributed by atoms with E-state index in [4.69, 9.17) is 0 Å². The molecule has 168 valence electrons. The van der Waals surface area contributed by atoms with Gasteiger partial charge in [0.25, 0.3) is 0 Å². The third-order valence-corrected chi connectivity index (χ3v) is 6.85. The van der Waals surface area contributed by atoms with Crippen LogP contribution in [0.4, 0.5) is 38.3 Å². The normalized spacial score (nSPS) is 15.3. The standard InChI is InChI=1S/C19H19F8NS2/c1-13(28-14-7-6-8-15(11-14)30(23,24,25,26)27)18(2,3)12-29-17-10-5-4-9-16(17)19(20,21)22/h4-11,28H,1,12H2,2-3H3. The van der Waals surface area contributed by atoms with E-state index in [9.17, 15) is 32.6 Å². The Hall–Kier alpha value is -1.88. The third kappa shape index (κ3) is 6.31. The Morgan fingerprint density at radius 1 is 0.967 bits per heavy atom. The zero-order valence-corrected chi connectivity index (χ0v) is 17.5. The Morgan fingerprint density at radius 2 is 1.57 bits per heavy atom. The van der Waals surface area contributed by atoms with Crippen LogP contribution in [-0.4, -0.2) is 5.75 Å². The summed E-state index contributed by atoms with van der Waals surface area (Å²) in [6, 6.07) is 7.57. The highest BCUT2D eigenvalue weighted by molar-refractivity contribution is 8.45. The molecule has 0 amide bonds. The molecule has 2 aromatic carbocycles. The number of anilines is 1. The summed E-state index contributed by atoms with van der Waals surface area (Å²) in [6.45, 7) is 6.98. The maximum absolute atomic E-state index is 13.1. The first-order chi connectivity index (χ1) is 13.3. The molecule has 1 N–H and O–H groups in total. The van der Waals surface area contributed by atoms with Gasteiger partial charge in [0.2, 0.25) is 0 Å². The second-order valence-electron chi connectivity index (χ2n) is 7.27. The van der Waals surface area contributed by atoms with Crippen molar-refractivity contribution >= 4 is 27.7 Å². The van der Waals surface area contributed by atoms with Crippen LogP contribution in [0.5, 0.6) is 0 Å². The van der Waals surface area contributed by atoms with Gasteiger partial charge in [-0.3, -0.25) is 0 Å². The summed E-state index contributed by atoms with van der Waals surface area (Å²) in [5, 5.41) is 2.57. The molecule has 30 heavy (non-hydrogen) atoms. The fourth-order valence-electron chi connectivity index (χ4n) is 2.33. The summed E-state index contributed by atoms with van der Waals surface area (Å²) in [5.41, 5.74) is -1.76. The van der Waals surface area contributed by atoms with Gasteiger partial charge in [-0.05, 0) is 30.3 Å². The van der Waals surface area contributed by atoms with Crippen molar-refractivity contribution in [3.05, 3.63) is 66.4 Å². The lowest BCUT2D eigenvalue weighted by Gasteiger charge is -2.40. The number of rotatable bonds is 7. The van der Waals surface area contributed by atoms with Gasteiger partial charge in [-0.25, -0.2) is 0 Å². The van der Waals surface area contributed by atoms with Crippen molar-refractivity contribution in [2.45, 2.75) is 29.8 Å². The largest absolute Gasteiger partial charge is 0.417 e. The smallest absolute Gasteiger partial charge is 0.359 e. The van der Waals surface area contributed by atoms with E-state index in [1.165, 1.54) is 24.3 Å². The SMILES string of the molecule is C=C(Nc1cccc(S(F)(F)(F)(F)F)c1)C(C)(C)CSc1ccccc1C(F)(F)F. The zero-order valence-electron chi connectivity index (χ0n) is 15.9. The van der Waals surface area contributed by atoms with Crippen molar-refractivity contribution in [3.8, 4) is 0 Å². The summed E-state index contributed by atoms with van der Waals surface area (Å²) in [7, 11) is -9.84. The second kappa shape index (κ2) is 7.08. The Labute approximate surface area is 173 Å². The molecule has 0 aromatic heterocycles. The van der Waals surface area contributed by atoms with E-state index in [2.05, 4.69) is 11.9 Å². The number of hydrogen-bond acceptors (Lipinski definition) is 2. The zero-order chi connectivity index (χ0) is 23.1. The monoisotopic (exact) mass is 477 g/mol. The number of benzene rings is 2. The van der Waals surface area contributed by atoms with Gasteiger partial charge < -0.3 is 5.32 Å². The number of nitrogens with one attached hydrogen (secondary N) is 1. The Kier molecular flexibility index (Phi) is 5.76. The molecule has 0 aliphatic carbocycles. The summed E-state index contributed by atoms with van der Waals surface area (Å²) < 4.78 is 104. The predicted octanol–water partition coefficient (Wildman–Crippen LogP) is 9.11. The highest BCUT2D eigenvalue weighted by Crippen LogP contribution is 3.02. The van der Waals surface area contributed by atoms with Gasteiger partial charge in [0, 0.05) is 27.4 Å². The van der Waals surface area contributed by atoms with E-state index in [0.717, 1.165) is 23.9 Å². The number of allylic oxidation sites excluding steroid dienone is 1. The van der Waals surface area contributed by atoms with Gasteiger partial charge >= 0.3 is 16.4 Å². The first-order valence-corrected chi connectivity index (χ1v) is 11.3. The summed E-state index contributed by atoms with van der Waals surface area (Å²) in [4.78, 5) is -2.05. The molecule has 0 saturated carbocycles. The van der Waals surface area contributed by atoms with Crippen LogP contribution in [0.2, 0.25) is 0 Å². The maximum atomic E-state index is 13.1. The molecule has 0 atom stereocenters. The summed E-state index contributed by atoms with van der Waals surface area (Å²) in [5.74, 6) is 0.104. The summed E-state index contributed by atoms with van der Waals surface area (Å²) in [6.07, 6.45) is -4.53. The molecule has 0 aliphatic rings. The van der Waals surface area contributed by atoms with E-state index in [-0.39, 0.29) is 34.2 Å². The Bertz CT molecular complexity index is 950. The highest BCUT2D eigenvalue weighted by Gasteiger charge is 2.65. The quantitative estimate of drug-likeness (QED) is 0.315. The first kappa shape index (κ1) is 24.4. The van der Waals surface area contributed by atoms with Crippen molar-refractivity contribution < 1.29 is 32.6 Å². The lowest BCUT2D eigenvalue weighted by atomic mass is 9.92. The number of thioether (sulfide) groups is 1. The van der Waals surface area contributed by atoms with Crippen molar-refractivity contribution in [3.63, 3.8) is 0 Å². The van der Waals surface area contributed by atoms with E-state index >= 15 is 0 Å². The maximum Gasteiger partial charge on any atom is 0.417 e. The van der Waals surface area contributed by atoms with E-state index in [1.807, 2.05) is 0 Å². The van der Waals surface area contributed by atoms with Crippen LogP contribution in [0.1, 0.15) is 19.4 Å². The molecular formula is C19H19F8NS2. The topological polar surface area (TPSA) is 12.0 Å². The average Bonchev–Trinajstić information content (AvgIpc) is 2.58. The molecule has 2 rings (SSSR count). The molecule has 1 nitrogen and oxygen atoms in total. The van der Waals surface area contributed by atoms with Crippen LogP contribution in [0, 0.1) is 5.41 Å². The van der Waals surface area contributed by atoms with E-state index in [0.29, 0.717) is 0 Å². The number of halogens is 8. The molecule has 0 fully saturated rings. The van der Waals surface area contributed by atoms with E-state index < -0.39 is 32.3 Å². The van der Waals surface area contributed by atoms with Crippen LogP contribution >= 0.6 is 22.0 Å². The fraction of sp³-hybridized carbons (Fsp3) is 0.263. The highest BCUT2D eigenvalue weighted by atomic mass is 32.5. The first-order valence-electron chi connectivity index (χ1n) is 8.39. The molecular weight excluding hydrogens is 458 g/mol. The van der Waals surface area contributed by atoms with Crippen molar-refractivity contribution in [1.82, 2.24) is 0 Å². The minimum Gasteiger partial charge on any atom is -0.359 e. The lowest BCUT2D eigenvalue weighted by Crippen LogP contribution is -2.23. The molecule has 2 aromatic rings. The molecule has 0 heterocycles. The minimum absolute atomic E-state index is 0.00575. The molecule has 0 aliphatic heterocycles. The fourth-order valence-corrected chi connectivity index (χ4v) is 4.22. The molecule has 0 spiro atoms. The Balaban J connectivity index is 2.17. The van der Waals surface area contributed by atoms with E-state index in [1.54, 1.807) is 13.8 Å². The van der Waals surface area contributed by atoms with Gasteiger partial charge in [-0.15, -0.1) is 11.8 Å². The molecule has 0 radical (unpaired) electrons. The van der Waals surface area contributed by atoms with Crippen molar-refractivity contribution in [2.75, 3.05) is 11.1 Å². The van der Waals surface area contributed by atoms with Crippen LogP contribution < -0.4 is 5.32 Å². The van der Waals surface area contributed by atoms with Crippen molar-refractivity contribution in [1.29, 1.82) is 0 Å². The van der Waals surface area contributed by atoms with Crippen LogP contribution in [0.25, 0.3) is 0 Å². The van der Waals surface area contributed by atoms with Gasteiger partial charge in [0.1, 0.15) is 4.90 Å². The molecule has 0 bridgehead atoms. The van der Waals surface area contributed by atoms with Crippen LogP contribution in [0.3, 0.4) is 0 Å².